The molecule has 84 valence electrons. The fraction of sp³-hybridized carbons (Fsp3) is 0.538. The summed E-state index contributed by atoms with van der Waals surface area (Å²) in [5.74, 6) is 0.409. The summed E-state index contributed by atoms with van der Waals surface area (Å²) in [6.45, 7) is 7.26. The van der Waals surface area contributed by atoms with Gasteiger partial charge in [-0.3, -0.25) is 0 Å². The van der Waals surface area contributed by atoms with E-state index in [4.69, 9.17) is 0 Å². The number of benzene rings is 1. The molecule has 0 aliphatic rings. The Morgan fingerprint density at radius 2 is 1.87 bits per heavy atom. The minimum Gasteiger partial charge on any atom is -0.394 e. The lowest BCUT2D eigenvalue weighted by atomic mass is 9.89. The minimum absolute atomic E-state index is 0.164. The monoisotopic (exact) mass is 207 g/mol. The van der Waals surface area contributed by atoms with Crippen molar-refractivity contribution in [1.82, 2.24) is 5.32 Å². The molecule has 1 unspecified atom stereocenters. The summed E-state index contributed by atoms with van der Waals surface area (Å²) in [7, 11) is 0. The smallest absolute Gasteiger partial charge is 0.0613 e. The third kappa shape index (κ3) is 3.33. The van der Waals surface area contributed by atoms with Crippen molar-refractivity contribution in [3.05, 3.63) is 35.9 Å². The highest BCUT2D eigenvalue weighted by atomic mass is 16.3. The molecule has 1 aromatic carbocycles. The normalized spacial score (nSPS) is 15.3. The average Bonchev–Trinajstić information content (AvgIpc) is 2.27. The van der Waals surface area contributed by atoms with Crippen LogP contribution in [0.4, 0.5) is 0 Å². The first-order valence-corrected chi connectivity index (χ1v) is 5.48. The van der Waals surface area contributed by atoms with Gasteiger partial charge < -0.3 is 10.4 Å². The first-order chi connectivity index (χ1) is 7.08. The fourth-order valence-corrected chi connectivity index (χ4v) is 1.34. The Bertz CT molecular complexity index is 284. The number of aliphatic hydroxyl groups is 1. The minimum atomic E-state index is -0.199. The van der Waals surface area contributed by atoms with Crippen LogP contribution in [0, 0.1) is 5.92 Å². The van der Waals surface area contributed by atoms with Crippen LogP contribution in [0.15, 0.2) is 30.3 Å². The van der Waals surface area contributed by atoms with Crippen molar-refractivity contribution in [1.29, 1.82) is 0 Å². The Kier molecular flexibility index (Phi) is 4.30. The molecule has 0 aliphatic heterocycles. The highest BCUT2D eigenvalue weighted by Crippen LogP contribution is 2.16. The Labute approximate surface area is 92.3 Å². The molecule has 2 N–H and O–H groups in total. The third-order valence-corrected chi connectivity index (χ3v) is 3.14. The van der Waals surface area contributed by atoms with E-state index in [0.717, 1.165) is 6.54 Å². The molecule has 0 aromatic heterocycles. The van der Waals surface area contributed by atoms with Crippen LogP contribution in [0.1, 0.15) is 26.3 Å². The molecular weight excluding hydrogens is 186 g/mol. The Hall–Kier alpha value is -0.860. The van der Waals surface area contributed by atoms with Gasteiger partial charge in [0.25, 0.3) is 0 Å². The maximum absolute atomic E-state index is 9.37. The second-order valence-electron chi connectivity index (χ2n) is 4.57. The molecule has 2 heteroatoms. The van der Waals surface area contributed by atoms with Gasteiger partial charge >= 0.3 is 0 Å². The third-order valence-electron chi connectivity index (χ3n) is 3.14. The summed E-state index contributed by atoms with van der Waals surface area (Å²) in [5.41, 5.74) is 1.05. The topological polar surface area (TPSA) is 32.3 Å². The first kappa shape index (κ1) is 12.2. The van der Waals surface area contributed by atoms with Gasteiger partial charge in [-0.25, -0.2) is 0 Å². The molecule has 2 nitrogen and oxygen atoms in total. The molecule has 15 heavy (non-hydrogen) atoms. The largest absolute Gasteiger partial charge is 0.394 e. The molecule has 1 rings (SSSR count). The summed E-state index contributed by atoms with van der Waals surface area (Å²) < 4.78 is 0. The molecule has 0 amide bonds. The zero-order chi connectivity index (χ0) is 11.3. The van der Waals surface area contributed by atoms with Crippen LogP contribution in [-0.4, -0.2) is 17.3 Å². The predicted molar refractivity (Wildman–Crippen MR) is 63.6 cm³/mol. The van der Waals surface area contributed by atoms with Crippen LogP contribution in [0.5, 0.6) is 0 Å². The van der Waals surface area contributed by atoms with Crippen molar-refractivity contribution in [3.63, 3.8) is 0 Å². The fourth-order valence-electron chi connectivity index (χ4n) is 1.34. The number of rotatable bonds is 5. The molecule has 0 aliphatic carbocycles. The van der Waals surface area contributed by atoms with E-state index in [1.54, 1.807) is 0 Å². The van der Waals surface area contributed by atoms with E-state index in [1.807, 2.05) is 18.2 Å². The maximum atomic E-state index is 9.37. The van der Waals surface area contributed by atoms with Gasteiger partial charge in [0.15, 0.2) is 0 Å². The summed E-state index contributed by atoms with van der Waals surface area (Å²) in [4.78, 5) is 0. The first-order valence-electron chi connectivity index (χ1n) is 5.48. The Morgan fingerprint density at radius 1 is 1.27 bits per heavy atom. The zero-order valence-electron chi connectivity index (χ0n) is 9.83. The molecule has 0 saturated heterocycles. The van der Waals surface area contributed by atoms with Gasteiger partial charge in [-0.15, -0.1) is 0 Å². The predicted octanol–water partition coefficient (Wildman–Crippen LogP) is 2.18. The van der Waals surface area contributed by atoms with Crippen molar-refractivity contribution < 1.29 is 5.11 Å². The Morgan fingerprint density at radius 3 is 2.33 bits per heavy atom. The summed E-state index contributed by atoms with van der Waals surface area (Å²) in [6, 6.07) is 10.2. The van der Waals surface area contributed by atoms with Crippen molar-refractivity contribution in [3.8, 4) is 0 Å². The van der Waals surface area contributed by atoms with Crippen molar-refractivity contribution in [2.24, 2.45) is 5.92 Å². The van der Waals surface area contributed by atoms with Crippen molar-refractivity contribution in [2.75, 3.05) is 6.61 Å². The van der Waals surface area contributed by atoms with E-state index in [-0.39, 0.29) is 12.1 Å². The quantitative estimate of drug-likeness (QED) is 0.775. The number of hydrogen-bond donors (Lipinski definition) is 2. The molecule has 0 spiro atoms. The molecule has 0 fully saturated rings. The second-order valence-corrected chi connectivity index (χ2v) is 4.57. The highest BCUT2D eigenvalue weighted by molar-refractivity contribution is 5.14. The Balaban J connectivity index is 2.55. The van der Waals surface area contributed by atoms with Gasteiger partial charge in [-0.1, -0.05) is 44.2 Å². The molecule has 0 heterocycles. The van der Waals surface area contributed by atoms with E-state index in [9.17, 15) is 5.11 Å². The molecule has 0 saturated carbocycles. The summed E-state index contributed by atoms with van der Waals surface area (Å²) in [6.07, 6.45) is 0. The number of nitrogens with one attached hydrogen (secondary N) is 1. The van der Waals surface area contributed by atoms with Crippen LogP contribution in [0.2, 0.25) is 0 Å². The van der Waals surface area contributed by atoms with Gasteiger partial charge in [0.05, 0.1) is 6.61 Å². The molecule has 1 aromatic rings. The molecule has 0 radical (unpaired) electrons. The van der Waals surface area contributed by atoms with E-state index in [1.165, 1.54) is 5.56 Å². The lowest BCUT2D eigenvalue weighted by Crippen LogP contribution is -2.49. The SMILES string of the molecule is CC(C)C(C)(CO)NCc1ccccc1. The lowest BCUT2D eigenvalue weighted by Gasteiger charge is -2.33. The van der Waals surface area contributed by atoms with Gasteiger partial charge in [-0.05, 0) is 18.4 Å². The van der Waals surface area contributed by atoms with Crippen LogP contribution in [0.25, 0.3) is 0 Å². The lowest BCUT2D eigenvalue weighted by molar-refractivity contribution is 0.131. The number of aliphatic hydroxyl groups excluding tert-OH is 1. The summed E-state index contributed by atoms with van der Waals surface area (Å²) >= 11 is 0. The van der Waals surface area contributed by atoms with Gasteiger partial charge in [0.1, 0.15) is 0 Å². The summed E-state index contributed by atoms with van der Waals surface area (Å²) in [5, 5.41) is 12.8. The molecule has 1 atom stereocenters. The second kappa shape index (κ2) is 5.29. The van der Waals surface area contributed by atoms with E-state index < -0.39 is 0 Å². The average molecular weight is 207 g/mol. The van der Waals surface area contributed by atoms with Crippen LogP contribution >= 0.6 is 0 Å². The van der Waals surface area contributed by atoms with E-state index in [0.29, 0.717) is 5.92 Å². The van der Waals surface area contributed by atoms with Crippen molar-refractivity contribution in [2.45, 2.75) is 32.9 Å². The number of hydrogen-bond acceptors (Lipinski definition) is 2. The molecule has 0 bridgehead atoms. The van der Waals surface area contributed by atoms with Crippen LogP contribution < -0.4 is 5.32 Å². The van der Waals surface area contributed by atoms with E-state index in [2.05, 4.69) is 38.2 Å². The van der Waals surface area contributed by atoms with Crippen molar-refractivity contribution >= 4 is 0 Å². The highest BCUT2D eigenvalue weighted by Gasteiger charge is 2.26. The maximum Gasteiger partial charge on any atom is 0.0613 e. The molecular formula is C13H21NO. The van der Waals surface area contributed by atoms with Gasteiger partial charge in [0.2, 0.25) is 0 Å². The van der Waals surface area contributed by atoms with Gasteiger partial charge in [0, 0.05) is 12.1 Å². The van der Waals surface area contributed by atoms with Gasteiger partial charge in [-0.2, -0.15) is 0 Å². The zero-order valence-corrected chi connectivity index (χ0v) is 9.83. The van der Waals surface area contributed by atoms with E-state index >= 15 is 0 Å². The van der Waals surface area contributed by atoms with Crippen LogP contribution in [-0.2, 0) is 6.54 Å². The van der Waals surface area contributed by atoms with Crippen LogP contribution in [0.3, 0.4) is 0 Å². The standard InChI is InChI=1S/C13H21NO/c1-11(2)13(3,10-15)14-9-12-7-5-4-6-8-12/h4-8,11,14-15H,9-10H2,1-3H3.